The van der Waals surface area contributed by atoms with E-state index < -0.39 is 5.60 Å². The van der Waals surface area contributed by atoms with Crippen molar-refractivity contribution in [3.63, 3.8) is 0 Å². The minimum absolute atomic E-state index is 0.217. The summed E-state index contributed by atoms with van der Waals surface area (Å²) >= 11 is 0. The average molecular weight is 339 g/mol. The molecule has 0 aromatic heterocycles. The first-order valence-corrected chi connectivity index (χ1v) is 9.17. The van der Waals surface area contributed by atoms with E-state index in [1.54, 1.807) is 7.11 Å². The van der Waals surface area contributed by atoms with Crippen LogP contribution >= 0.6 is 0 Å². The second kappa shape index (κ2) is 7.49. The molecule has 2 unspecified atom stereocenters. The molecule has 0 bridgehead atoms. The predicted octanol–water partition coefficient (Wildman–Crippen LogP) is 4.38. The van der Waals surface area contributed by atoms with E-state index in [-0.39, 0.29) is 5.92 Å². The molecule has 2 atom stereocenters. The van der Waals surface area contributed by atoms with Gasteiger partial charge in [-0.15, -0.1) is 0 Å². The summed E-state index contributed by atoms with van der Waals surface area (Å²) in [6.07, 6.45) is 5.01. The van der Waals surface area contributed by atoms with E-state index in [1.807, 2.05) is 24.3 Å². The van der Waals surface area contributed by atoms with Crippen LogP contribution in [0, 0.1) is 5.92 Å². The van der Waals surface area contributed by atoms with Crippen LogP contribution in [0.5, 0.6) is 5.75 Å². The van der Waals surface area contributed by atoms with Crippen molar-refractivity contribution in [2.45, 2.75) is 37.7 Å². The molecule has 3 heteroatoms. The molecule has 2 aromatic carbocycles. The monoisotopic (exact) mass is 339 g/mol. The van der Waals surface area contributed by atoms with Gasteiger partial charge in [-0.2, -0.15) is 0 Å². The van der Waals surface area contributed by atoms with Gasteiger partial charge in [0.05, 0.1) is 12.7 Å². The van der Waals surface area contributed by atoms with Gasteiger partial charge in [-0.25, -0.2) is 0 Å². The van der Waals surface area contributed by atoms with Crippen molar-refractivity contribution >= 4 is 5.69 Å². The molecule has 0 aliphatic heterocycles. The lowest BCUT2D eigenvalue weighted by Crippen LogP contribution is -2.39. The Morgan fingerprint density at radius 3 is 2.68 bits per heavy atom. The van der Waals surface area contributed by atoms with Gasteiger partial charge >= 0.3 is 0 Å². The summed E-state index contributed by atoms with van der Waals surface area (Å²) in [5, 5.41) is 11.6. The maximum Gasteiger partial charge on any atom is 0.119 e. The molecule has 1 fully saturated rings. The van der Waals surface area contributed by atoms with Crippen molar-refractivity contribution in [2.24, 2.45) is 5.92 Å². The summed E-state index contributed by atoms with van der Waals surface area (Å²) in [7, 11) is 5.83. The lowest BCUT2D eigenvalue weighted by atomic mass is 9.69. The number of aliphatic hydroxyl groups is 1. The third-order valence-electron chi connectivity index (χ3n) is 5.55. The van der Waals surface area contributed by atoms with Crippen LogP contribution in [0.1, 0.15) is 36.8 Å². The molecular formula is C22H29NO2. The molecule has 0 saturated heterocycles. The van der Waals surface area contributed by atoms with Gasteiger partial charge in [-0.3, -0.25) is 0 Å². The largest absolute Gasteiger partial charge is 0.497 e. The first kappa shape index (κ1) is 17.8. The van der Waals surface area contributed by atoms with Gasteiger partial charge in [0, 0.05) is 19.8 Å². The second-order valence-electron chi connectivity index (χ2n) is 7.33. The highest BCUT2D eigenvalue weighted by molar-refractivity contribution is 5.52. The molecule has 0 heterocycles. The standard InChI is InChI=1S/C22H29NO2/c1-23(2)21-13-5-4-9-17(21)15-18-10-6-7-14-22(18,24)19-11-8-12-20(16-19)25-3/h4-5,8-9,11-13,16,18,24H,6-7,10,14-15H2,1-3H3. The smallest absolute Gasteiger partial charge is 0.119 e. The first-order valence-electron chi connectivity index (χ1n) is 9.17. The number of methoxy groups -OCH3 is 1. The molecule has 1 N–H and O–H groups in total. The molecule has 0 radical (unpaired) electrons. The Morgan fingerprint density at radius 1 is 1.12 bits per heavy atom. The highest BCUT2D eigenvalue weighted by Gasteiger charge is 2.40. The fourth-order valence-electron chi connectivity index (χ4n) is 4.16. The van der Waals surface area contributed by atoms with Crippen molar-refractivity contribution in [3.05, 3.63) is 59.7 Å². The topological polar surface area (TPSA) is 32.7 Å². The first-order chi connectivity index (χ1) is 12.0. The Labute approximate surface area is 151 Å². The lowest BCUT2D eigenvalue weighted by Gasteiger charge is -2.41. The number of ether oxygens (including phenoxy) is 1. The summed E-state index contributed by atoms with van der Waals surface area (Å²) in [5.41, 5.74) is 2.74. The zero-order valence-corrected chi connectivity index (χ0v) is 15.5. The van der Waals surface area contributed by atoms with E-state index in [1.165, 1.54) is 17.7 Å². The number of hydrogen-bond donors (Lipinski definition) is 1. The zero-order valence-electron chi connectivity index (χ0n) is 15.5. The number of rotatable bonds is 5. The molecule has 0 spiro atoms. The molecule has 0 amide bonds. The number of hydrogen-bond acceptors (Lipinski definition) is 3. The van der Waals surface area contributed by atoms with E-state index in [0.29, 0.717) is 0 Å². The van der Waals surface area contributed by atoms with E-state index in [0.717, 1.165) is 37.0 Å². The van der Waals surface area contributed by atoms with Crippen LogP contribution in [0.2, 0.25) is 0 Å². The van der Waals surface area contributed by atoms with Crippen molar-refractivity contribution < 1.29 is 9.84 Å². The van der Waals surface area contributed by atoms with Gasteiger partial charge in [0.2, 0.25) is 0 Å². The van der Waals surface area contributed by atoms with Crippen molar-refractivity contribution in [1.82, 2.24) is 0 Å². The molecular weight excluding hydrogens is 310 g/mol. The summed E-state index contributed by atoms with van der Waals surface area (Å²) < 4.78 is 5.38. The SMILES string of the molecule is COc1cccc(C2(O)CCCCC2Cc2ccccc2N(C)C)c1. The molecule has 25 heavy (non-hydrogen) atoms. The minimum Gasteiger partial charge on any atom is -0.497 e. The Bertz CT molecular complexity index is 713. The quantitative estimate of drug-likeness (QED) is 0.877. The third-order valence-corrected chi connectivity index (χ3v) is 5.55. The second-order valence-corrected chi connectivity index (χ2v) is 7.33. The number of anilines is 1. The summed E-state index contributed by atoms with van der Waals surface area (Å²) in [6.45, 7) is 0. The van der Waals surface area contributed by atoms with Gasteiger partial charge < -0.3 is 14.7 Å². The summed E-state index contributed by atoms with van der Waals surface area (Å²) in [4.78, 5) is 2.16. The molecule has 3 nitrogen and oxygen atoms in total. The number of nitrogens with zero attached hydrogens (tertiary/aromatic N) is 1. The van der Waals surface area contributed by atoms with E-state index in [9.17, 15) is 5.11 Å². The van der Waals surface area contributed by atoms with E-state index >= 15 is 0 Å². The molecule has 1 aliphatic rings. The Hall–Kier alpha value is -2.00. The van der Waals surface area contributed by atoms with Gasteiger partial charge in [0.25, 0.3) is 0 Å². The van der Waals surface area contributed by atoms with Crippen molar-refractivity contribution in [1.29, 1.82) is 0 Å². The lowest BCUT2D eigenvalue weighted by molar-refractivity contribution is -0.0543. The third kappa shape index (κ3) is 3.67. The maximum absolute atomic E-state index is 11.6. The Balaban J connectivity index is 1.93. The Kier molecular flexibility index (Phi) is 5.33. The van der Waals surface area contributed by atoms with Crippen LogP contribution in [0.15, 0.2) is 48.5 Å². The van der Waals surface area contributed by atoms with E-state index in [2.05, 4.69) is 43.3 Å². The van der Waals surface area contributed by atoms with Gasteiger partial charge in [0.1, 0.15) is 5.75 Å². The normalized spacial score (nSPS) is 23.3. The van der Waals surface area contributed by atoms with Crippen LogP contribution in [-0.2, 0) is 12.0 Å². The predicted molar refractivity (Wildman–Crippen MR) is 103 cm³/mol. The van der Waals surface area contributed by atoms with Crippen LogP contribution < -0.4 is 9.64 Å². The fourth-order valence-corrected chi connectivity index (χ4v) is 4.16. The highest BCUT2D eigenvalue weighted by atomic mass is 16.5. The summed E-state index contributed by atoms with van der Waals surface area (Å²) in [6, 6.07) is 16.5. The van der Waals surface area contributed by atoms with Gasteiger partial charge in [-0.05, 0) is 54.5 Å². The van der Waals surface area contributed by atoms with E-state index in [4.69, 9.17) is 4.74 Å². The van der Waals surface area contributed by atoms with Crippen molar-refractivity contribution in [2.75, 3.05) is 26.1 Å². The van der Waals surface area contributed by atoms with Gasteiger partial charge in [-0.1, -0.05) is 43.2 Å². The van der Waals surface area contributed by atoms with Crippen LogP contribution in [0.3, 0.4) is 0 Å². The van der Waals surface area contributed by atoms with Crippen LogP contribution in [0.4, 0.5) is 5.69 Å². The highest BCUT2D eigenvalue weighted by Crippen LogP contribution is 2.44. The molecule has 2 aromatic rings. The molecule has 1 saturated carbocycles. The molecule has 134 valence electrons. The molecule has 3 rings (SSSR count). The Morgan fingerprint density at radius 2 is 1.92 bits per heavy atom. The van der Waals surface area contributed by atoms with Crippen LogP contribution in [-0.4, -0.2) is 26.3 Å². The molecule has 1 aliphatic carbocycles. The summed E-state index contributed by atoms with van der Waals surface area (Å²) in [5.74, 6) is 1.03. The van der Waals surface area contributed by atoms with Gasteiger partial charge in [0.15, 0.2) is 0 Å². The minimum atomic E-state index is -0.786. The number of para-hydroxylation sites is 1. The average Bonchev–Trinajstić information content (AvgIpc) is 2.64. The zero-order chi connectivity index (χ0) is 17.9. The maximum atomic E-state index is 11.6. The van der Waals surface area contributed by atoms with Crippen molar-refractivity contribution in [3.8, 4) is 5.75 Å². The number of benzene rings is 2. The fraction of sp³-hybridized carbons (Fsp3) is 0.455. The van der Waals surface area contributed by atoms with Crippen LogP contribution in [0.25, 0.3) is 0 Å².